The largest absolute Gasteiger partial charge is 0.384 e. The molecule has 0 atom stereocenters. The number of amidine groups is 1. The lowest BCUT2D eigenvalue weighted by atomic mass is 9.94. The van der Waals surface area contributed by atoms with Gasteiger partial charge in [-0.25, -0.2) is 18.9 Å². The Morgan fingerprint density at radius 1 is 1.10 bits per heavy atom. The number of anilines is 1. The number of rotatable bonds is 7. The summed E-state index contributed by atoms with van der Waals surface area (Å²) in [6.07, 6.45) is 11.5. The van der Waals surface area contributed by atoms with Crippen LogP contribution in [0.5, 0.6) is 0 Å². The average molecular weight is 522 g/mol. The van der Waals surface area contributed by atoms with Crippen molar-refractivity contribution in [3.63, 3.8) is 0 Å². The summed E-state index contributed by atoms with van der Waals surface area (Å²) in [5.74, 6) is 0.712. The zero-order valence-corrected chi connectivity index (χ0v) is 20.8. The molecule has 4 heterocycles. The lowest BCUT2D eigenvalue weighted by Crippen LogP contribution is -2.20. The molecule has 4 N–H and O–H groups in total. The zero-order chi connectivity index (χ0) is 26.8. The monoisotopic (exact) mass is 521 g/mol. The Hall–Kier alpha value is -5.19. The van der Waals surface area contributed by atoms with Crippen LogP contribution in [0.2, 0.25) is 0 Å². The second-order valence-electron chi connectivity index (χ2n) is 9.16. The topological polar surface area (TPSA) is 139 Å². The molecule has 1 saturated carbocycles. The molecule has 6 rings (SSSR count). The molecule has 194 valence electrons. The molecular formula is C28H24FN9O. The van der Waals surface area contributed by atoms with Crippen LogP contribution in [-0.2, 0) is 0 Å². The number of carbonyl (C=O) groups excluding carboxylic acids is 1. The molecule has 0 unspecified atom stereocenters. The Labute approximate surface area is 222 Å². The van der Waals surface area contributed by atoms with Crippen molar-refractivity contribution < 1.29 is 9.18 Å². The fraction of sp³-hybridized carbons (Fsp3) is 0.143. The number of halogens is 1. The van der Waals surface area contributed by atoms with Crippen LogP contribution in [0.3, 0.4) is 0 Å². The number of hydrogen-bond donors (Lipinski definition) is 3. The second kappa shape index (κ2) is 10.3. The predicted molar refractivity (Wildman–Crippen MR) is 146 cm³/mol. The molecule has 5 aromatic rings. The Morgan fingerprint density at radius 3 is 2.64 bits per heavy atom. The summed E-state index contributed by atoms with van der Waals surface area (Å²) in [6.45, 7) is 0. The summed E-state index contributed by atoms with van der Waals surface area (Å²) >= 11 is 0. The number of amides is 1. The number of nitrogens with zero attached hydrogens (tertiary/aromatic N) is 6. The van der Waals surface area contributed by atoms with Crippen molar-refractivity contribution in [2.24, 2.45) is 10.7 Å². The number of imidazole rings is 2. The third-order valence-electron chi connectivity index (χ3n) is 6.42. The van der Waals surface area contributed by atoms with Crippen molar-refractivity contribution in [3.8, 4) is 22.6 Å². The fourth-order valence-corrected chi connectivity index (χ4v) is 4.17. The maximum atomic E-state index is 13.6. The first-order valence-electron chi connectivity index (χ1n) is 12.5. The lowest BCUT2D eigenvalue weighted by Gasteiger charge is -2.20. The Bertz CT molecular complexity index is 1700. The second-order valence-corrected chi connectivity index (χ2v) is 9.16. The van der Waals surface area contributed by atoms with Gasteiger partial charge < -0.3 is 16.0 Å². The van der Waals surface area contributed by atoms with Gasteiger partial charge in [-0.2, -0.15) is 5.10 Å². The minimum absolute atomic E-state index is 0.294. The molecule has 1 aliphatic carbocycles. The van der Waals surface area contributed by atoms with E-state index >= 15 is 0 Å². The smallest absolute Gasteiger partial charge is 0.256 e. The molecule has 10 nitrogen and oxygen atoms in total. The van der Waals surface area contributed by atoms with Gasteiger partial charge in [-0.1, -0.05) is 0 Å². The molecule has 1 aromatic carbocycles. The molecule has 4 aromatic heterocycles. The molecule has 39 heavy (non-hydrogen) atoms. The summed E-state index contributed by atoms with van der Waals surface area (Å²) in [5, 5.41) is 7.47. The molecule has 1 aliphatic rings. The third-order valence-corrected chi connectivity index (χ3v) is 6.42. The normalized spacial score (nSPS) is 14.1. The van der Waals surface area contributed by atoms with E-state index in [1.807, 2.05) is 0 Å². The van der Waals surface area contributed by atoms with Gasteiger partial charge in [-0.15, -0.1) is 0 Å². The lowest BCUT2D eigenvalue weighted by molar-refractivity contribution is 0.102. The molecule has 0 bridgehead atoms. The maximum absolute atomic E-state index is 13.6. The number of pyridine rings is 1. The van der Waals surface area contributed by atoms with E-state index in [0.717, 1.165) is 18.4 Å². The SMILES string of the molecule is NC(/C=C\c1nc(-c2ccc(F)cc2)c(-c2ccc3nc(NC(=O)c4ccncc4)cn3n2)[nH]1)=NC1CCC1. The van der Waals surface area contributed by atoms with Crippen LogP contribution in [0.15, 0.2) is 78.2 Å². The highest BCUT2D eigenvalue weighted by Crippen LogP contribution is 2.30. The van der Waals surface area contributed by atoms with Gasteiger partial charge in [0.1, 0.15) is 23.2 Å². The van der Waals surface area contributed by atoms with E-state index in [2.05, 4.69) is 25.3 Å². The van der Waals surface area contributed by atoms with Crippen molar-refractivity contribution in [2.75, 3.05) is 5.32 Å². The van der Waals surface area contributed by atoms with Gasteiger partial charge in [-0.3, -0.25) is 14.8 Å². The molecule has 0 aliphatic heterocycles. The van der Waals surface area contributed by atoms with Gasteiger partial charge in [-0.05, 0) is 79.9 Å². The molecule has 1 amide bonds. The van der Waals surface area contributed by atoms with Crippen LogP contribution < -0.4 is 11.1 Å². The Kier molecular flexibility index (Phi) is 6.37. The molecule has 0 spiro atoms. The summed E-state index contributed by atoms with van der Waals surface area (Å²) in [4.78, 5) is 33.4. The highest BCUT2D eigenvalue weighted by molar-refractivity contribution is 6.03. The van der Waals surface area contributed by atoms with Crippen molar-refractivity contribution in [1.82, 2.24) is 29.5 Å². The standard InChI is InChI=1S/C28H24FN9O/c29-19-6-4-17(5-7-19)26-27(35-23(34-26)10-9-22(30)32-20-2-1-3-20)21-8-11-25-33-24(16-38(25)37-21)36-28(39)18-12-14-31-15-13-18/h4-16,20H,1-3H2,(H2,30,32)(H,34,35)(H,36,39)/b10-9-. The van der Waals surface area contributed by atoms with Gasteiger partial charge >= 0.3 is 0 Å². The predicted octanol–water partition coefficient (Wildman–Crippen LogP) is 4.50. The van der Waals surface area contributed by atoms with Gasteiger partial charge in [0, 0.05) is 23.5 Å². The number of H-pyrrole nitrogens is 1. The summed E-state index contributed by atoms with van der Waals surface area (Å²) < 4.78 is 15.2. The number of aromatic amines is 1. The summed E-state index contributed by atoms with van der Waals surface area (Å²) in [6, 6.07) is 13.2. The van der Waals surface area contributed by atoms with Crippen LogP contribution in [-0.4, -0.2) is 47.3 Å². The first kappa shape index (κ1) is 24.2. The van der Waals surface area contributed by atoms with Gasteiger partial charge in [0.15, 0.2) is 11.5 Å². The number of hydrogen-bond acceptors (Lipinski definition) is 6. The average Bonchev–Trinajstić information content (AvgIpc) is 3.54. The Balaban J connectivity index is 1.33. The maximum Gasteiger partial charge on any atom is 0.256 e. The molecule has 1 fully saturated rings. The number of nitrogens with one attached hydrogen (secondary N) is 2. The van der Waals surface area contributed by atoms with Crippen LogP contribution in [0, 0.1) is 5.82 Å². The third kappa shape index (κ3) is 5.28. The molecule has 0 radical (unpaired) electrons. The van der Waals surface area contributed by atoms with E-state index < -0.39 is 0 Å². The van der Waals surface area contributed by atoms with Gasteiger partial charge in [0.2, 0.25) is 0 Å². The highest BCUT2D eigenvalue weighted by Gasteiger charge is 2.18. The van der Waals surface area contributed by atoms with Crippen LogP contribution in [0.1, 0.15) is 35.4 Å². The zero-order valence-electron chi connectivity index (χ0n) is 20.8. The van der Waals surface area contributed by atoms with Crippen molar-refractivity contribution in [2.45, 2.75) is 25.3 Å². The quantitative estimate of drug-likeness (QED) is 0.213. The summed E-state index contributed by atoms with van der Waals surface area (Å²) in [7, 11) is 0. The number of fused-ring (bicyclic) bond motifs is 1. The fourth-order valence-electron chi connectivity index (χ4n) is 4.17. The number of aliphatic imine (C=N–C) groups is 1. The highest BCUT2D eigenvalue weighted by atomic mass is 19.1. The van der Waals surface area contributed by atoms with Crippen molar-refractivity contribution >= 4 is 29.3 Å². The van der Waals surface area contributed by atoms with E-state index in [9.17, 15) is 9.18 Å². The van der Waals surface area contributed by atoms with Crippen LogP contribution >= 0.6 is 0 Å². The van der Waals surface area contributed by atoms with E-state index in [4.69, 9.17) is 15.8 Å². The van der Waals surface area contributed by atoms with Gasteiger partial charge in [0.05, 0.1) is 23.6 Å². The number of nitrogens with two attached hydrogens (primary N) is 1. The first-order chi connectivity index (χ1) is 19.0. The first-order valence-corrected chi connectivity index (χ1v) is 12.5. The minimum Gasteiger partial charge on any atom is -0.384 e. The molecule has 11 heteroatoms. The minimum atomic E-state index is -0.338. The van der Waals surface area contributed by atoms with Gasteiger partial charge in [0.25, 0.3) is 5.91 Å². The number of aromatic nitrogens is 6. The molecule has 0 saturated heterocycles. The van der Waals surface area contributed by atoms with Crippen LogP contribution in [0.4, 0.5) is 10.2 Å². The number of benzene rings is 1. The van der Waals surface area contributed by atoms with E-state index in [1.54, 1.807) is 71.7 Å². The van der Waals surface area contributed by atoms with Crippen LogP contribution in [0.25, 0.3) is 34.4 Å². The van der Waals surface area contributed by atoms with E-state index in [1.165, 1.54) is 18.6 Å². The van der Waals surface area contributed by atoms with E-state index in [0.29, 0.717) is 51.8 Å². The molecular weight excluding hydrogens is 497 g/mol. The van der Waals surface area contributed by atoms with Crippen molar-refractivity contribution in [3.05, 3.63) is 90.4 Å². The van der Waals surface area contributed by atoms with Crippen molar-refractivity contribution in [1.29, 1.82) is 0 Å². The number of carbonyl (C=O) groups is 1. The summed E-state index contributed by atoms with van der Waals surface area (Å²) in [5.41, 5.74) is 9.62. The Morgan fingerprint density at radius 2 is 1.90 bits per heavy atom. The van der Waals surface area contributed by atoms with E-state index in [-0.39, 0.29) is 11.7 Å².